The van der Waals surface area contributed by atoms with Crippen molar-refractivity contribution in [3.63, 3.8) is 0 Å². The van der Waals surface area contributed by atoms with Crippen molar-refractivity contribution in [2.45, 2.75) is 84.0 Å². The lowest BCUT2D eigenvalue weighted by Crippen LogP contribution is -2.38. The van der Waals surface area contributed by atoms with Crippen molar-refractivity contribution < 1.29 is 9.53 Å². The van der Waals surface area contributed by atoms with Gasteiger partial charge in [0.15, 0.2) is 0 Å². The number of ether oxygens (including phenoxy) is 1. The third-order valence-electron chi connectivity index (χ3n) is 6.17. The second-order valence-corrected chi connectivity index (χ2v) is 7.69. The van der Waals surface area contributed by atoms with Gasteiger partial charge < -0.3 is 4.74 Å². The first kappa shape index (κ1) is 18.0. The lowest BCUT2D eigenvalue weighted by Gasteiger charge is -2.39. The van der Waals surface area contributed by atoms with Crippen molar-refractivity contribution in [3.8, 4) is 0 Å². The van der Waals surface area contributed by atoms with E-state index in [1.807, 2.05) is 0 Å². The number of carbonyl (C=O) groups is 1. The molecule has 0 heterocycles. The molecule has 2 aliphatic rings. The molecule has 2 aliphatic carbocycles. The van der Waals surface area contributed by atoms with Gasteiger partial charge in [-0.1, -0.05) is 32.6 Å². The molecule has 2 nitrogen and oxygen atoms in total. The highest BCUT2D eigenvalue weighted by Crippen LogP contribution is 2.43. The maximum atomic E-state index is 12.8. The monoisotopic (exact) mass is 308 g/mol. The minimum atomic E-state index is 0.407. The molecule has 0 aliphatic heterocycles. The Morgan fingerprint density at radius 1 is 0.955 bits per heavy atom. The smallest absolute Gasteiger partial charge is 0.139 e. The molecule has 2 saturated carbocycles. The Balaban J connectivity index is 1.66. The Morgan fingerprint density at radius 2 is 1.73 bits per heavy atom. The van der Waals surface area contributed by atoms with Gasteiger partial charge >= 0.3 is 0 Å². The molecule has 2 heteroatoms. The molecule has 128 valence electrons. The minimum Gasteiger partial charge on any atom is -0.385 e. The summed E-state index contributed by atoms with van der Waals surface area (Å²) < 4.78 is 5.12. The van der Waals surface area contributed by atoms with Gasteiger partial charge in [-0.25, -0.2) is 0 Å². The number of hydrogen-bond acceptors (Lipinski definition) is 2. The Labute approximate surface area is 137 Å². The van der Waals surface area contributed by atoms with Gasteiger partial charge in [0.2, 0.25) is 0 Å². The van der Waals surface area contributed by atoms with E-state index in [-0.39, 0.29) is 0 Å². The van der Waals surface area contributed by atoms with E-state index in [1.54, 1.807) is 7.11 Å². The summed E-state index contributed by atoms with van der Waals surface area (Å²) in [5.41, 5.74) is 0. The van der Waals surface area contributed by atoms with E-state index >= 15 is 0 Å². The summed E-state index contributed by atoms with van der Waals surface area (Å²) in [7, 11) is 1.77. The van der Waals surface area contributed by atoms with E-state index in [2.05, 4.69) is 6.92 Å². The molecule has 0 aromatic heterocycles. The molecular weight excluding hydrogens is 272 g/mol. The third kappa shape index (κ3) is 5.08. The maximum Gasteiger partial charge on any atom is 0.139 e. The molecule has 2 fully saturated rings. The highest BCUT2D eigenvalue weighted by molar-refractivity contribution is 5.84. The fourth-order valence-electron chi connectivity index (χ4n) is 4.47. The molecule has 0 radical (unpaired) electrons. The zero-order valence-corrected chi connectivity index (χ0v) is 14.8. The predicted octanol–water partition coefficient (Wildman–Crippen LogP) is 5.40. The summed E-state index contributed by atoms with van der Waals surface area (Å²) in [6.45, 7) is 3.14. The Hall–Kier alpha value is -0.370. The number of Topliss-reactive ketones (excluding diaryl/α,β-unsaturated/α-hetero) is 1. The normalized spacial score (nSPS) is 31.7. The van der Waals surface area contributed by atoms with E-state index in [1.165, 1.54) is 70.6 Å². The first-order chi connectivity index (χ1) is 10.8. The van der Waals surface area contributed by atoms with E-state index in [9.17, 15) is 4.79 Å². The van der Waals surface area contributed by atoms with Crippen molar-refractivity contribution >= 4 is 5.78 Å². The van der Waals surface area contributed by atoms with E-state index in [0.717, 1.165) is 18.9 Å². The van der Waals surface area contributed by atoms with Gasteiger partial charge in [0.25, 0.3) is 0 Å². The van der Waals surface area contributed by atoms with E-state index in [0.29, 0.717) is 23.5 Å². The summed E-state index contributed by atoms with van der Waals surface area (Å²) in [5.74, 6) is 3.07. The molecule has 0 N–H and O–H groups in total. The second-order valence-electron chi connectivity index (χ2n) is 7.69. The van der Waals surface area contributed by atoms with Gasteiger partial charge in [0.1, 0.15) is 5.78 Å². The fraction of sp³-hybridized carbons (Fsp3) is 0.950. The van der Waals surface area contributed by atoms with Crippen LogP contribution in [0.1, 0.15) is 84.0 Å². The molecule has 2 atom stereocenters. The number of methoxy groups -OCH3 is 1. The molecule has 0 saturated heterocycles. The molecule has 22 heavy (non-hydrogen) atoms. The predicted molar refractivity (Wildman–Crippen MR) is 91.9 cm³/mol. The van der Waals surface area contributed by atoms with Crippen molar-refractivity contribution in [1.29, 1.82) is 0 Å². The van der Waals surface area contributed by atoms with Crippen LogP contribution in [0.3, 0.4) is 0 Å². The summed E-state index contributed by atoms with van der Waals surface area (Å²) in [6.07, 6.45) is 15.1. The third-order valence-corrected chi connectivity index (χ3v) is 6.17. The molecular formula is C20H36O2. The van der Waals surface area contributed by atoms with Crippen LogP contribution in [0.4, 0.5) is 0 Å². The highest BCUT2D eigenvalue weighted by Gasteiger charge is 2.39. The Morgan fingerprint density at radius 3 is 2.32 bits per heavy atom. The van der Waals surface area contributed by atoms with Crippen molar-refractivity contribution in [1.82, 2.24) is 0 Å². The average Bonchev–Trinajstić information content (AvgIpc) is 2.52. The lowest BCUT2D eigenvalue weighted by molar-refractivity contribution is -0.133. The molecule has 2 unspecified atom stereocenters. The van der Waals surface area contributed by atoms with Gasteiger partial charge in [0, 0.05) is 25.6 Å². The van der Waals surface area contributed by atoms with E-state index in [4.69, 9.17) is 4.74 Å². The van der Waals surface area contributed by atoms with Crippen LogP contribution in [-0.4, -0.2) is 19.5 Å². The lowest BCUT2D eigenvalue weighted by atomic mass is 9.64. The number of unbranched alkanes of at least 4 members (excludes halogenated alkanes) is 2. The number of carbonyl (C=O) groups excluding carboxylic acids is 1. The van der Waals surface area contributed by atoms with Crippen LogP contribution >= 0.6 is 0 Å². The van der Waals surface area contributed by atoms with Crippen molar-refractivity contribution in [2.75, 3.05) is 13.7 Å². The zero-order valence-electron chi connectivity index (χ0n) is 14.8. The minimum absolute atomic E-state index is 0.407. The second kappa shape index (κ2) is 9.70. The van der Waals surface area contributed by atoms with Gasteiger partial charge in [-0.3, -0.25) is 4.79 Å². The summed E-state index contributed by atoms with van der Waals surface area (Å²) in [4.78, 5) is 12.8. The van der Waals surface area contributed by atoms with Crippen LogP contribution in [0, 0.1) is 23.7 Å². The molecule has 2 rings (SSSR count). The van der Waals surface area contributed by atoms with Gasteiger partial charge in [-0.05, 0) is 63.2 Å². The highest BCUT2D eigenvalue weighted by atomic mass is 16.5. The molecule has 0 aromatic carbocycles. The van der Waals surface area contributed by atoms with Crippen LogP contribution < -0.4 is 0 Å². The number of hydrogen-bond donors (Lipinski definition) is 0. The van der Waals surface area contributed by atoms with E-state index < -0.39 is 0 Å². The molecule has 0 amide bonds. The summed E-state index contributed by atoms with van der Waals surface area (Å²) >= 11 is 0. The standard InChI is InChI=1S/C20H36O2/c1-3-4-7-16-9-11-18(12-10-16)20(21)19-14-13-17(19)8-5-6-15-22-2/h16-19H,3-15H2,1-2H3. The number of rotatable bonds is 10. The Kier molecular flexibility index (Phi) is 7.92. The van der Waals surface area contributed by atoms with Crippen molar-refractivity contribution in [3.05, 3.63) is 0 Å². The van der Waals surface area contributed by atoms with Gasteiger partial charge in [-0.2, -0.15) is 0 Å². The van der Waals surface area contributed by atoms with Crippen LogP contribution in [0.5, 0.6) is 0 Å². The van der Waals surface area contributed by atoms with Crippen LogP contribution in [0.2, 0.25) is 0 Å². The quantitative estimate of drug-likeness (QED) is 0.505. The van der Waals surface area contributed by atoms with Crippen molar-refractivity contribution in [2.24, 2.45) is 23.7 Å². The fourth-order valence-corrected chi connectivity index (χ4v) is 4.47. The number of ketones is 1. The van der Waals surface area contributed by atoms with Crippen LogP contribution in [0.25, 0.3) is 0 Å². The van der Waals surface area contributed by atoms with Gasteiger partial charge in [0.05, 0.1) is 0 Å². The van der Waals surface area contributed by atoms with Gasteiger partial charge in [-0.15, -0.1) is 0 Å². The molecule has 0 spiro atoms. The largest absolute Gasteiger partial charge is 0.385 e. The summed E-state index contributed by atoms with van der Waals surface area (Å²) in [6, 6.07) is 0. The average molecular weight is 309 g/mol. The first-order valence-electron chi connectivity index (χ1n) is 9.78. The maximum absolute atomic E-state index is 12.8. The van der Waals surface area contributed by atoms with Crippen LogP contribution in [0.15, 0.2) is 0 Å². The molecule has 0 bridgehead atoms. The Bertz CT molecular complexity index is 314. The summed E-state index contributed by atoms with van der Waals surface area (Å²) in [5, 5.41) is 0. The molecule has 0 aromatic rings. The SMILES string of the molecule is CCCCC1CCC(C(=O)C2CCC2CCCCOC)CC1. The topological polar surface area (TPSA) is 26.3 Å². The first-order valence-corrected chi connectivity index (χ1v) is 9.78. The van der Waals surface area contributed by atoms with Crippen LogP contribution in [-0.2, 0) is 9.53 Å². The zero-order chi connectivity index (χ0) is 15.8.